The fourth-order valence-electron chi connectivity index (χ4n) is 4.05. The Morgan fingerprint density at radius 3 is 2.75 bits per heavy atom. The van der Waals surface area contributed by atoms with Crippen LogP contribution in [0.15, 0.2) is 48.8 Å². The molecule has 32 heavy (non-hydrogen) atoms. The standard InChI is InChI=1S/C24H26N4O4/c1-28(2)24(31)15-12-18-21(19(30)13-15)23(26-16-6-4-3-5-7-16)22(27-18)17-8-9-25-14-20(17)32-11-10-29/h3-9,14-15,26-27,29H,10-13H2,1-2H3. The smallest absolute Gasteiger partial charge is 0.226 e. The molecule has 1 aliphatic rings. The zero-order chi connectivity index (χ0) is 22.7. The Morgan fingerprint density at radius 2 is 2.03 bits per heavy atom. The van der Waals surface area contributed by atoms with Gasteiger partial charge in [0.05, 0.1) is 35.7 Å². The largest absolute Gasteiger partial charge is 0.489 e. The SMILES string of the molecule is CN(C)C(=O)C1CC(=O)c2c([nH]c(-c3ccncc3OCCO)c2Nc2ccccc2)C1. The molecule has 0 spiro atoms. The number of carbonyl (C=O) groups excluding carboxylic acids is 2. The number of para-hydroxylation sites is 1. The highest BCUT2D eigenvalue weighted by atomic mass is 16.5. The number of aromatic amines is 1. The number of nitrogens with zero attached hydrogens (tertiary/aromatic N) is 2. The third kappa shape index (κ3) is 4.22. The van der Waals surface area contributed by atoms with Crippen LogP contribution < -0.4 is 10.1 Å². The van der Waals surface area contributed by atoms with Crippen LogP contribution in [0, 0.1) is 5.92 Å². The van der Waals surface area contributed by atoms with Gasteiger partial charge in [-0.1, -0.05) is 18.2 Å². The molecule has 8 heteroatoms. The number of rotatable bonds is 7. The Bertz CT molecular complexity index is 1120. The maximum atomic E-state index is 13.2. The van der Waals surface area contributed by atoms with E-state index >= 15 is 0 Å². The van der Waals surface area contributed by atoms with Gasteiger partial charge in [-0.05, 0) is 18.2 Å². The van der Waals surface area contributed by atoms with Crippen LogP contribution in [-0.2, 0) is 11.2 Å². The number of anilines is 2. The molecule has 1 unspecified atom stereocenters. The molecule has 8 nitrogen and oxygen atoms in total. The second kappa shape index (κ2) is 9.23. The van der Waals surface area contributed by atoms with Gasteiger partial charge >= 0.3 is 0 Å². The van der Waals surface area contributed by atoms with Crippen LogP contribution in [0.5, 0.6) is 5.75 Å². The maximum Gasteiger partial charge on any atom is 0.226 e. The Labute approximate surface area is 186 Å². The number of pyridine rings is 1. The summed E-state index contributed by atoms with van der Waals surface area (Å²) in [6, 6.07) is 11.4. The number of aliphatic hydroxyl groups is 1. The molecule has 166 valence electrons. The highest BCUT2D eigenvalue weighted by molar-refractivity contribution is 6.09. The van der Waals surface area contributed by atoms with Crippen molar-refractivity contribution in [1.82, 2.24) is 14.9 Å². The average molecular weight is 434 g/mol. The van der Waals surface area contributed by atoms with Crippen molar-refractivity contribution in [2.24, 2.45) is 5.92 Å². The first-order valence-electron chi connectivity index (χ1n) is 10.5. The van der Waals surface area contributed by atoms with Crippen molar-refractivity contribution >= 4 is 23.1 Å². The first kappa shape index (κ1) is 21.6. The third-order valence-corrected chi connectivity index (χ3v) is 5.47. The molecule has 0 fully saturated rings. The summed E-state index contributed by atoms with van der Waals surface area (Å²) in [5.74, 6) is -0.0545. The van der Waals surface area contributed by atoms with Gasteiger partial charge in [-0.2, -0.15) is 0 Å². The lowest BCUT2D eigenvalue weighted by molar-refractivity contribution is -0.133. The molecule has 4 rings (SSSR count). The van der Waals surface area contributed by atoms with Crippen LogP contribution in [0.25, 0.3) is 11.3 Å². The van der Waals surface area contributed by atoms with E-state index in [0.29, 0.717) is 34.7 Å². The van der Waals surface area contributed by atoms with Gasteiger partial charge in [0.1, 0.15) is 12.4 Å². The number of amides is 1. The van der Waals surface area contributed by atoms with Crippen LogP contribution in [0.1, 0.15) is 22.5 Å². The topological polar surface area (TPSA) is 108 Å². The third-order valence-electron chi connectivity index (χ3n) is 5.47. The van der Waals surface area contributed by atoms with E-state index in [1.165, 1.54) is 4.90 Å². The van der Waals surface area contributed by atoms with Crippen molar-refractivity contribution in [3.63, 3.8) is 0 Å². The molecule has 2 heterocycles. The van der Waals surface area contributed by atoms with Crippen LogP contribution in [0.3, 0.4) is 0 Å². The number of carbonyl (C=O) groups is 2. The predicted octanol–water partition coefficient (Wildman–Crippen LogP) is 3.02. The van der Waals surface area contributed by atoms with Crippen LogP contribution in [-0.4, -0.2) is 59.0 Å². The van der Waals surface area contributed by atoms with Crippen molar-refractivity contribution < 1.29 is 19.4 Å². The Morgan fingerprint density at radius 1 is 1.25 bits per heavy atom. The van der Waals surface area contributed by atoms with E-state index in [9.17, 15) is 14.7 Å². The van der Waals surface area contributed by atoms with E-state index in [-0.39, 0.29) is 31.3 Å². The lowest BCUT2D eigenvalue weighted by Crippen LogP contribution is -2.35. The number of ether oxygens (including phenoxy) is 1. The summed E-state index contributed by atoms with van der Waals surface area (Å²) in [6.07, 6.45) is 3.83. The second-order valence-electron chi connectivity index (χ2n) is 7.92. The van der Waals surface area contributed by atoms with E-state index < -0.39 is 5.92 Å². The van der Waals surface area contributed by atoms with Crippen molar-refractivity contribution in [3.8, 4) is 17.0 Å². The van der Waals surface area contributed by atoms with Gasteiger partial charge in [0, 0.05) is 50.1 Å². The maximum absolute atomic E-state index is 13.2. The van der Waals surface area contributed by atoms with Crippen molar-refractivity contribution in [3.05, 3.63) is 60.0 Å². The van der Waals surface area contributed by atoms with Crippen LogP contribution >= 0.6 is 0 Å². The van der Waals surface area contributed by atoms with Crippen LogP contribution in [0.2, 0.25) is 0 Å². The Kier molecular flexibility index (Phi) is 6.23. The number of benzene rings is 1. The molecular weight excluding hydrogens is 408 g/mol. The molecular formula is C24H26N4O4. The lowest BCUT2D eigenvalue weighted by Gasteiger charge is -2.24. The Balaban J connectivity index is 1.83. The zero-order valence-corrected chi connectivity index (χ0v) is 18.1. The summed E-state index contributed by atoms with van der Waals surface area (Å²) in [5.41, 5.74) is 4.16. The van der Waals surface area contributed by atoms with Gasteiger partial charge in [-0.3, -0.25) is 14.6 Å². The van der Waals surface area contributed by atoms with Gasteiger partial charge in [-0.15, -0.1) is 0 Å². The highest BCUT2D eigenvalue weighted by Gasteiger charge is 2.35. The van der Waals surface area contributed by atoms with Gasteiger partial charge in [0.15, 0.2) is 5.78 Å². The number of fused-ring (bicyclic) bond motifs is 1. The molecule has 1 aromatic carbocycles. The fraction of sp³-hybridized carbons (Fsp3) is 0.292. The normalized spacial score (nSPS) is 15.2. The molecule has 3 N–H and O–H groups in total. The molecule has 3 aromatic rings. The summed E-state index contributed by atoms with van der Waals surface area (Å²) < 4.78 is 5.69. The number of H-pyrrole nitrogens is 1. The summed E-state index contributed by atoms with van der Waals surface area (Å²) in [4.78, 5) is 34.8. The quantitative estimate of drug-likeness (QED) is 0.528. The highest BCUT2D eigenvalue weighted by Crippen LogP contribution is 2.42. The summed E-state index contributed by atoms with van der Waals surface area (Å²) in [6.45, 7) is -0.00357. The number of aliphatic hydroxyl groups excluding tert-OH is 1. The predicted molar refractivity (Wildman–Crippen MR) is 121 cm³/mol. The minimum atomic E-state index is -0.399. The monoisotopic (exact) mass is 434 g/mol. The second-order valence-corrected chi connectivity index (χ2v) is 7.92. The molecule has 0 aliphatic heterocycles. The number of ketones is 1. The number of hydrogen-bond acceptors (Lipinski definition) is 6. The molecule has 1 amide bonds. The number of aromatic nitrogens is 2. The fourth-order valence-corrected chi connectivity index (χ4v) is 4.05. The first-order chi connectivity index (χ1) is 15.5. The molecule has 0 bridgehead atoms. The minimum Gasteiger partial charge on any atom is -0.489 e. The van der Waals surface area contributed by atoms with Crippen molar-refractivity contribution in [2.45, 2.75) is 12.8 Å². The molecule has 0 radical (unpaired) electrons. The zero-order valence-electron chi connectivity index (χ0n) is 18.1. The number of hydrogen-bond donors (Lipinski definition) is 3. The number of Topliss-reactive ketones (excluding diaryl/α,β-unsaturated/α-hetero) is 1. The summed E-state index contributed by atoms with van der Waals surface area (Å²) in [7, 11) is 3.40. The van der Waals surface area contributed by atoms with Gasteiger partial charge in [0.25, 0.3) is 0 Å². The summed E-state index contributed by atoms with van der Waals surface area (Å²) >= 11 is 0. The molecule has 1 aliphatic carbocycles. The molecule has 0 saturated heterocycles. The average Bonchev–Trinajstić information content (AvgIpc) is 3.16. The first-order valence-corrected chi connectivity index (χ1v) is 10.5. The van der Waals surface area contributed by atoms with Gasteiger partial charge in [0.2, 0.25) is 5.91 Å². The minimum absolute atomic E-state index is 0.0615. The van der Waals surface area contributed by atoms with E-state index in [2.05, 4.69) is 15.3 Å². The van der Waals surface area contributed by atoms with Gasteiger partial charge < -0.3 is 25.0 Å². The molecule has 2 aromatic heterocycles. The van der Waals surface area contributed by atoms with Crippen molar-refractivity contribution in [1.29, 1.82) is 0 Å². The van der Waals surface area contributed by atoms with E-state index in [1.807, 2.05) is 30.3 Å². The van der Waals surface area contributed by atoms with E-state index in [0.717, 1.165) is 11.4 Å². The van der Waals surface area contributed by atoms with E-state index in [1.54, 1.807) is 32.6 Å². The van der Waals surface area contributed by atoms with Gasteiger partial charge in [-0.25, -0.2) is 0 Å². The lowest BCUT2D eigenvalue weighted by atomic mass is 9.85. The van der Waals surface area contributed by atoms with E-state index in [4.69, 9.17) is 4.74 Å². The van der Waals surface area contributed by atoms with Crippen LogP contribution in [0.4, 0.5) is 11.4 Å². The molecule has 0 saturated carbocycles. The number of nitrogens with one attached hydrogen (secondary N) is 2. The summed E-state index contributed by atoms with van der Waals surface area (Å²) in [5, 5.41) is 12.6. The molecule has 1 atom stereocenters. The Hall–Kier alpha value is -3.65. The van der Waals surface area contributed by atoms with Crippen molar-refractivity contribution in [2.75, 3.05) is 32.6 Å².